The van der Waals surface area contributed by atoms with E-state index in [9.17, 15) is 8.78 Å². The highest BCUT2D eigenvalue weighted by atomic mass is 19.3. The van der Waals surface area contributed by atoms with Crippen LogP contribution in [-0.4, -0.2) is 44.6 Å². The van der Waals surface area contributed by atoms with E-state index in [1.54, 1.807) is 11.1 Å². The van der Waals surface area contributed by atoms with Gasteiger partial charge in [0.15, 0.2) is 0 Å². The molecule has 9 heteroatoms. The van der Waals surface area contributed by atoms with E-state index in [0.29, 0.717) is 18.2 Å². The fourth-order valence-electron chi connectivity index (χ4n) is 3.22. The van der Waals surface area contributed by atoms with E-state index in [-0.39, 0.29) is 25.3 Å². The van der Waals surface area contributed by atoms with Crippen molar-refractivity contribution in [1.82, 2.24) is 19.5 Å². The number of nitrogens with zero attached hydrogens (tertiary/aromatic N) is 6. The highest BCUT2D eigenvalue weighted by Crippen LogP contribution is 2.31. The largest absolute Gasteiger partial charge is 0.359 e. The van der Waals surface area contributed by atoms with Crippen molar-refractivity contribution in [3.63, 3.8) is 0 Å². The SMILES string of the molecule is [C-]#[N+]c1cnc(Cn2c(N3CCC(F)(F)[C@H](N)C3)nc3ccccc32)cn1. The normalized spacial score (nSPS) is 19.2. The Kier molecular flexibility index (Phi) is 4.20. The number of piperidine rings is 1. The monoisotopic (exact) mass is 369 g/mol. The van der Waals surface area contributed by atoms with Crippen molar-refractivity contribution in [2.45, 2.75) is 24.9 Å². The number of nitrogens with two attached hydrogens (primary N) is 1. The molecule has 2 N–H and O–H groups in total. The van der Waals surface area contributed by atoms with Crippen LogP contribution >= 0.6 is 0 Å². The van der Waals surface area contributed by atoms with Gasteiger partial charge in [-0.25, -0.2) is 13.8 Å². The molecule has 1 aromatic carbocycles. The summed E-state index contributed by atoms with van der Waals surface area (Å²) in [6, 6.07) is 6.34. The Morgan fingerprint density at radius 1 is 1.26 bits per heavy atom. The van der Waals surface area contributed by atoms with Crippen LogP contribution in [0.15, 0.2) is 36.7 Å². The fourth-order valence-corrected chi connectivity index (χ4v) is 3.22. The number of imidazole rings is 1. The van der Waals surface area contributed by atoms with Crippen molar-refractivity contribution in [3.05, 3.63) is 53.8 Å². The van der Waals surface area contributed by atoms with Gasteiger partial charge in [-0.05, 0) is 12.1 Å². The summed E-state index contributed by atoms with van der Waals surface area (Å²) < 4.78 is 29.5. The smallest absolute Gasteiger partial charge is 0.287 e. The van der Waals surface area contributed by atoms with E-state index < -0.39 is 12.0 Å². The second-order valence-corrected chi connectivity index (χ2v) is 6.53. The predicted molar refractivity (Wildman–Crippen MR) is 96.9 cm³/mol. The Morgan fingerprint density at radius 3 is 2.78 bits per heavy atom. The van der Waals surface area contributed by atoms with Crippen molar-refractivity contribution in [1.29, 1.82) is 0 Å². The highest BCUT2D eigenvalue weighted by molar-refractivity contribution is 5.79. The van der Waals surface area contributed by atoms with E-state index in [0.717, 1.165) is 11.0 Å². The average Bonchev–Trinajstić information content (AvgIpc) is 3.03. The summed E-state index contributed by atoms with van der Waals surface area (Å²) in [5.41, 5.74) is 7.98. The molecule has 0 unspecified atom stereocenters. The third kappa shape index (κ3) is 3.19. The minimum absolute atomic E-state index is 0.0264. The number of rotatable bonds is 3. The van der Waals surface area contributed by atoms with Crippen molar-refractivity contribution in [2.75, 3.05) is 18.0 Å². The Labute approximate surface area is 154 Å². The number of anilines is 1. The quantitative estimate of drug-likeness (QED) is 0.718. The van der Waals surface area contributed by atoms with Gasteiger partial charge in [-0.3, -0.25) is 4.98 Å². The van der Waals surface area contributed by atoms with Crippen LogP contribution in [0.2, 0.25) is 0 Å². The van der Waals surface area contributed by atoms with Crippen molar-refractivity contribution >= 4 is 22.8 Å². The minimum atomic E-state index is -2.87. The van der Waals surface area contributed by atoms with E-state index in [1.807, 2.05) is 28.8 Å². The van der Waals surface area contributed by atoms with Crippen LogP contribution in [0.4, 0.5) is 20.5 Å². The Hall–Kier alpha value is -3.12. The molecule has 0 aliphatic carbocycles. The first-order chi connectivity index (χ1) is 13.0. The van der Waals surface area contributed by atoms with E-state index in [2.05, 4.69) is 19.8 Å². The highest BCUT2D eigenvalue weighted by Gasteiger charge is 2.42. The topological polar surface area (TPSA) is 77.2 Å². The molecule has 1 saturated heterocycles. The molecular formula is C18H17F2N7. The summed E-state index contributed by atoms with van der Waals surface area (Å²) in [5.74, 6) is -2.06. The van der Waals surface area contributed by atoms with Gasteiger partial charge in [0.2, 0.25) is 5.95 Å². The lowest BCUT2D eigenvalue weighted by Gasteiger charge is -2.37. The lowest BCUT2D eigenvalue weighted by molar-refractivity contribution is -0.0395. The van der Waals surface area contributed by atoms with Crippen molar-refractivity contribution in [2.24, 2.45) is 5.73 Å². The molecule has 0 saturated carbocycles. The first-order valence-corrected chi connectivity index (χ1v) is 8.50. The van der Waals surface area contributed by atoms with Gasteiger partial charge in [-0.1, -0.05) is 18.7 Å². The number of benzene rings is 1. The second-order valence-electron chi connectivity index (χ2n) is 6.53. The molecule has 0 spiro atoms. The first-order valence-electron chi connectivity index (χ1n) is 8.50. The predicted octanol–water partition coefficient (Wildman–Crippen LogP) is 2.60. The van der Waals surface area contributed by atoms with Crippen LogP contribution in [0, 0.1) is 6.57 Å². The van der Waals surface area contributed by atoms with Crippen LogP contribution in [0.1, 0.15) is 12.1 Å². The molecule has 7 nitrogen and oxygen atoms in total. The number of halogens is 2. The Balaban J connectivity index is 1.72. The Bertz CT molecular complexity index is 1010. The molecule has 3 aromatic rings. The van der Waals surface area contributed by atoms with E-state index >= 15 is 0 Å². The summed E-state index contributed by atoms with van der Waals surface area (Å²) in [6.45, 7) is 7.53. The molecule has 0 bridgehead atoms. The van der Waals surface area contributed by atoms with Crippen LogP contribution in [0.3, 0.4) is 0 Å². The molecule has 3 heterocycles. The van der Waals surface area contributed by atoms with E-state index in [4.69, 9.17) is 12.3 Å². The zero-order valence-electron chi connectivity index (χ0n) is 14.4. The van der Waals surface area contributed by atoms with Gasteiger partial charge in [-0.2, -0.15) is 0 Å². The maximum absolute atomic E-state index is 13.8. The number of para-hydroxylation sites is 2. The maximum atomic E-state index is 13.8. The van der Waals surface area contributed by atoms with Gasteiger partial charge in [0.05, 0.1) is 29.8 Å². The summed E-state index contributed by atoms with van der Waals surface area (Å²) in [4.78, 5) is 18.0. The van der Waals surface area contributed by atoms with Gasteiger partial charge >= 0.3 is 0 Å². The van der Waals surface area contributed by atoms with Gasteiger partial charge in [-0.15, -0.1) is 4.98 Å². The first kappa shape index (κ1) is 17.3. The molecule has 1 fully saturated rings. The summed E-state index contributed by atoms with van der Waals surface area (Å²) in [6.07, 6.45) is 2.65. The minimum Gasteiger partial charge on any atom is -0.359 e. The molecule has 138 valence electrons. The third-order valence-corrected chi connectivity index (χ3v) is 4.72. The molecule has 2 aromatic heterocycles. The van der Waals surface area contributed by atoms with E-state index in [1.165, 1.54) is 6.20 Å². The maximum Gasteiger partial charge on any atom is 0.287 e. The lowest BCUT2D eigenvalue weighted by Crippen LogP contribution is -2.55. The van der Waals surface area contributed by atoms with Crippen molar-refractivity contribution in [3.8, 4) is 0 Å². The third-order valence-electron chi connectivity index (χ3n) is 4.72. The van der Waals surface area contributed by atoms with Crippen LogP contribution in [-0.2, 0) is 6.54 Å². The number of hydrogen-bond acceptors (Lipinski definition) is 5. The van der Waals surface area contributed by atoms with Crippen molar-refractivity contribution < 1.29 is 8.78 Å². The molecule has 1 aliphatic heterocycles. The van der Waals surface area contributed by atoms with Gasteiger partial charge in [0, 0.05) is 19.5 Å². The number of fused-ring (bicyclic) bond motifs is 1. The average molecular weight is 369 g/mol. The molecule has 4 rings (SSSR count). The van der Waals surface area contributed by atoms with Crippen LogP contribution in [0.25, 0.3) is 15.9 Å². The zero-order valence-corrected chi connectivity index (χ0v) is 14.4. The van der Waals surface area contributed by atoms with Gasteiger partial charge in [0.1, 0.15) is 11.9 Å². The summed E-state index contributed by atoms with van der Waals surface area (Å²) in [5, 5.41) is 0. The standard InChI is InChI=1S/C18H17F2N7/c1-22-16-9-23-12(8-24-16)10-27-14-5-3-2-4-13(14)25-17(27)26-7-6-18(19,20)15(21)11-26/h2-5,8-9,15H,6-7,10-11,21H2/t15-/m1/s1. The Morgan fingerprint density at radius 2 is 2.07 bits per heavy atom. The van der Waals surface area contributed by atoms with Crippen LogP contribution in [0.5, 0.6) is 0 Å². The molecule has 0 amide bonds. The molecule has 1 aliphatic rings. The van der Waals surface area contributed by atoms with Gasteiger partial charge < -0.3 is 20.0 Å². The number of alkyl halides is 2. The van der Waals surface area contributed by atoms with Gasteiger partial charge in [0.25, 0.3) is 11.7 Å². The summed E-state index contributed by atoms with van der Waals surface area (Å²) >= 11 is 0. The number of hydrogen-bond donors (Lipinski definition) is 1. The second kappa shape index (κ2) is 6.55. The molecule has 27 heavy (non-hydrogen) atoms. The van der Waals surface area contributed by atoms with Crippen LogP contribution < -0.4 is 10.6 Å². The zero-order chi connectivity index (χ0) is 19.0. The lowest BCUT2D eigenvalue weighted by atomic mass is 10.0. The number of aromatic nitrogens is 4. The molecular weight excluding hydrogens is 352 g/mol. The summed E-state index contributed by atoms with van der Waals surface area (Å²) in [7, 11) is 0. The molecule has 0 radical (unpaired) electrons. The fraction of sp³-hybridized carbons (Fsp3) is 0.333. The molecule has 1 atom stereocenters.